The average Bonchev–Trinajstić information content (AvgIpc) is 2.43. The zero-order valence-corrected chi connectivity index (χ0v) is 12.5. The van der Waals surface area contributed by atoms with Gasteiger partial charge in [-0.2, -0.15) is 0 Å². The van der Waals surface area contributed by atoms with Gasteiger partial charge in [-0.3, -0.25) is 0 Å². The first kappa shape index (κ1) is 14.2. The molecule has 0 radical (unpaired) electrons. The van der Waals surface area contributed by atoms with Gasteiger partial charge in [0.1, 0.15) is 0 Å². The summed E-state index contributed by atoms with van der Waals surface area (Å²) in [6, 6.07) is 14.7. The maximum Gasteiger partial charge on any atom is 0.0787 e. The summed E-state index contributed by atoms with van der Waals surface area (Å²) in [5, 5.41) is 9.77. The molecule has 1 nitrogen and oxygen atoms in total. The van der Waals surface area contributed by atoms with Crippen molar-refractivity contribution in [1.82, 2.24) is 0 Å². The number of aliphatic hydroxyl groups excluding tert-OH is 1. The molecule has 0 saturated carbocycles. The Morgan fingerprint density at radius 1 is 0.947 bits per heavy atom. The summed E-state index contributed by atoms with van der Waals surface area (Å²) in [4.78, 5) is 2.46. The van der Waals surface area contributed by atoms with Gasteiger partial charge in [-0.05, 0) is 61.2 Å². The molecule has 1 atom stereocenters. The smallest absolute Gasteiger partial charge is 0.0787 e. The molecular weight excluding hydrogens is 252 g/mol. The normalized spacial score (nSPS) is 12.4. The van der Waals surface area contributed by atoms with Crippen LogP contribution in [-0.4, -0.2) is 5.11 Å². The van der Waals surface area contributed by atoms with Crippen LogP contribution >= 0.6 is 11.8 Å². The lowest BCUT2D eigenvalue weighted by Gasteiger charge is -2.09. The van der Waals surface area contributed by atoms with Crippen LogP contribution in [0.15, 0.2) is 52.3 Å². The Balaban J connectivity index is 2.12. The minimum atomic E-state index is -0.347. The third-order valence-electron chi connectivity index (χ3n) is 3.37. The van der Waals surface area contributed by atoms with Gasteiger partial charge in [0.25, 0.3) is 0 Å². The molecule has 0 aliphatic carbocycles. The van der Waals surface area contributed by atoms with Crippen LogP contribution in [0.5, 0.6) is 0 Å². The van der Waals surface area contributed by atoms with Gasteiger partial charge >= 0.3 is 0 Å². The van der Waals surface area contributed by atoms with Gasteiger partial charge in [0.05, 0.1) is 6.10 Å². The van der Waals surface area contributed by atoms with Crippen molar-refractivity contribution in [2.24, 2.45) is 0 Å². The van der Waals surface area contributed by atoms with Crippen molar-refractivity contribution in [3.63, 3.8) is 0 Å². The fourth-order valence-corrected chi connectivity index (χ4v) is 2.82. The second kappa shape index (κ2) is 6.27. The zero-order valence-electron chi connectivity index (χ0n) is 11.7. The Morgan fingerprint density at radius 2 is 1.58 bits per heavy atom. The SMILES string of the molecule is CCC(O)c1ccc(Sc2ccc(C)c(C)c2)cc1. The van der Waals surface area contributed by atoms with E-state index in [0.29, 0.717) is 0 Å². The average molecular weight is 272 g/mol. The maximum atomic E-state index is 9.77. The van der Waals surface area contributed by atoms with E-state index in [4.69, 9.17) is 0 Å². The first-order chi connectivity index (χ1) is 9.10. The number of benzene rings is 2. The van der Waals surface area contributed by atoms with Gasteiger partial charge in [0, 0.05) is 9.79 Å². The molecule has 0 saturated heterocycles. The van der Waals surface area contributed by atoms with Crippen LogP contribution in [0.25, 0.3) is 0 Å². The first-order valence-corrected chi connectivity index (χ1v) is 7.45. The van der Waals surface area contributed by atoms with Crippen LogP contribution < -0.4 is 0 Å². The van der Waals surface area contributed by atoms with E-state index < -0.39 is 0 Å². The lowest BCUT2D eigenvalue weighted by atomic mass is 10.1. The van der Waals surface area contributed by atoms with Crippen molar-refractivity contribution < 1.29 is 5.11 Å². The summed E-state index contributed by atoms with van der Waals surface area (Å²) in [5.41, 5.74) is 3.64. The van der Waals surface area contributed by atoms with Crippen LogP contribution in [0.1, 0.15) is 36.1 Å². The topological polar surface area (TPSA) is 20.2 Å². The molecule has 2 aromatic rings. The van der Waals surface area contributed by atoms with Crippen LogP contribution in [0.4, 0.5) is 0 Å². The molecule has 19 heavy (non-hydrogen) atoms. The Bertz CT molecular complexity index is 546. The number of rotatable bonds is 4. The Morgan fingerprint density at radius 3 is 2.16 bits per heavy atom. The summed E-state index contributed by atoms with van der Waals surface area (Å²) in [6.07, 6.45) is 0.407. The predicted molar refractivity (Wildman–Crippen MR) is 81.7 cm³/mol. The van der Waals surface area contributed by atoms with E-state index in [9.17, 15) is 5.11 Å². The van der Waals surface area contributed by atoms with Gasteiger partial charge in [-0.15, -0.1) is 0 Å². The molecule has 0 bridgehead atoms. The third kappa shape index (κ3) is 3.62. The van der Waals surface area contributed by atoms with Gasteiger partial charge in [-0.1, -0.05) is 36.9 Å². The van der Waals surface area contributed by atoms with Crippen molar-refractivity contribution in [3.05, 3.63) is 59.2 Å². The number of hydrogen-bond acceptors (Lipinski definition) is 2. The zero-order chi connectivity index (χ0) is 13.8. The van der Waals surface area contributed by atoms with E-state index in [-0.39, 0.29) is 6.10 Å². The summed E-state index contributed by atoms with van der Waals surface area (Å²) < 4.78 is 0. The summed E-state index contributed by atoms with van der Waals surface area (Å²) in [6.45, 7) is 6.26. The standard InChI is InChI=1S/C17H20OS/c1-4-17(18)14-6-9-15(10-7-14)19-16-8-5-12(2)13(3)11-16/h5-11,17-18H,4H2,1-3H3. The van der Waals surface area contributed by atoms with Crippen LogP contribution in [0.3, 0.4) is 0 Å². The quantitative estimate of drug-likeness (QED) is 0.854. The minimum absolute atomic E-state index is 0.347. The van der Waals surface area contributed by atoms with E-state index in [0.717, 1.165) is 12.0 Å². The number of hydrogen-bond donors (Lipinski definition) is 1. The molecule has 2 aromatic carbocycles. The van der Waals surface area contributed by atoms with Crippen molar-refractivity contribution in [1.29, 1.82) is 0 Å². The lowest BCUT2D eigenvalue weighted by Crippen LogP contribution is -1.94. The van der Waals surface area contributed by atoms with Gasteiger partial charge in [0.15, 0.2) is 0 Å². The van der Waals surface area contributed by atoms with E-state index in [1.54, 1.807) is 11.8 Å². The summed E-state index contributed by atoms with van der Waals surface area (Å²) in [7, 11) is 0. The molecule has 0 spiro atoms. The van der Waals surface area contributed by atoms with Crippen LogP contribution in [0.2, 0.25) is 0 Å². The minimum Gasteiger partial charge on any atom is -0.388 e. The predicted octanol–water partition coefficient (Wildman–Crippen LogP) is 4.90. The van der Waals surface area contributed by atoms with Gasteiger partial charge < -0.3 is 5.11 Å². The van der Waals surface area contributed by atoms with Crippen molar-refractivity contribution in [2.45, 2.75) is 43.1 Å². The monoisotopic (exact) mass is 272 g/mol. The highest BCUT2D eigenvalue weighted by molar-refractivity contribution is 7.99. The van der Waals surface area contributed by atoms with Gasteiger partial charge in [-0.25, -0.2) is 0 Å². The maximum absolute atomic E-state index is 9.77. The van der Waals surface area contributed by atoms with E-state index >= 15 is 0 Å². The molecule has 2 heteroatoms. The Labute approximate surface area is 119 Å². The first-order valence-electron chi connectivity index (χ1n) is 6.63. The van der Waals surface area contributed by atoms with Crippen LogP contribution in [-0.2, 0) is 0 Å². The molecule has 1 unspecified atom stereocenters. The molecule has 0 amide bonds. The van der Waals surface area contributed by atoms with Crippen molar-refractivity contribution >= 4 is 11.8 Å². The molecule has 0 aliphatic rings. The molecule has 2 rings (SSSR count). The summed E-state index contributed by atoms with van der Waals surface area (Å²) in [5.74, 6) is 0. The molecule has 0 heterocycles. The molecule has 0 fully saturated rings. The van der Waals surface area contributed by atoms with E-state index in [1.165, 1.54) is 20.9 Å². The second-order valence-electron chi connectivity index (χ2n) is 4.84. The lowest BCUT2D eigenvalue weighted by molar-refractivity contribution is 0.173. The van der Waals surface area contributed by atoms with E-state index in [2.05, 4.69) is 44.2 Å². The highest BCUT2D eigenvalue weighted by Crippen LogP contribution is 2.30. The van der Waals surface area contributed by atoms with Crippen molar-refractivity contribution in [3.8, 4) is 0 Å². The second-order valence-corrected chi connectivity index (χ2v) is 5.99. The van der Waals surface area contributed by atoms with Crippen LogP contribution in [0, 0.1) is 13.8 Å². The fourth-order valence-electron chi connectivity index (χ4n) is 1.91. The molecular formula is C17H20OS. The number of aliphatic hydroxyl groups is 1. The van der Waals surface area contributed by atoms with Gasteiger partial charge in [0.2, 0.25) is 0 Å². The molecule has 0 aromatic heterocycles. The highest BCUT2D eigenvalue weighted by Gasteiger charge is 2.05. The van der Waals surface area contributed by atoms with Crippen molar-refractivity contribution in [2.75, 3.05) is 0 Å². The summed E-state index contributed by atoms with van der Waals surface area (Å²) >= 11 is 1.76. The number of aryl methyl sites for hydroxylation is 2. The highest BCUT2D eigenvalue weighted by atomic mass is 32.2. The van der Waals surface area contributed by atoms with E-state index in [1.807, 2.05) is 19.1 Å². The Kier molecular flexibility index (Phi) is 4.67. The molecule has 0 aliphatic heterocycles. The Hall–Kier alpha value is -1.25. The fraction of sp³-hybridized carbons (Fsp3) is 0.294. The molecule has 1 N–H and O–H groups in total. The molecule has 100 valence electrons. The third-order valence-corrected chi connectivity index (χ3v) is 4.36. The largest absolute Gasteiger partial charge is 0.388 e.